The predicted octanol–water partition coefficient (Wildman–Crippen LogP) is 1.02. The number of aliphatic hydroxyl groups is 1. The van der Waals surface area contributed by atoms with Crippen LogP contribution in [0.4, 0.5) is 5.69 Å². The zero-order chi connectivity index (χ0) is 11.4. The van der Waals surface area contributed by atoms with Gasteiger partial charge in [0.2, 0.25) is 0 Å². The molecule has 0 radical (unpaired) electrons. The Morgan fingerprint density at radius 1 is 1.44 bits per heavy atom. The summed E-state index contributed by atoms with van der Waals surface area (Å²) < 4.78 is 0. The van der Waals surface area contributed by atoms with Crippen LogP contribution >= 0.6 is 0 Å². The van der Waals surface area contributed by atoms with E-state index in [1.54, 1.807) is 0 Å². The Bertz CT molecular complexity index is 340. The summed E-state index contributed by atoms with van der Waals surface area (Å²) in [5, 5.41) is 12.2. The number of hydrogen-bond donors (Lipinski definition) is 2. The first-order valence-electron chi connectivity index (χ1n) is 5.98. The van der Waals surface area contributed by atoms with Crippen LogP contribution in [0.25, 0.3) is 0 Å². The van der Waals surface area contributed by atoms with Gasteiger partial charge in [-0.1, -0.05) is 18.2 Å². The third-order valence-corrected chi connectivity index (χ3v) is 3.13. The molecule has 3 nitrogen and oxygen atoms in total. The van der Waals surface area contributed by atoms with E-state index in [4.69, 9.17) is 5.11 Å². The van der Waals surface area contributed by atoms with Gasteiger partial charge in [0.05, 0.1) is 6.61 Å². The first kappa shape index (κ1) is 11.4. The molecule has 0 saturated heterocycles. The average Bonchev–Trinajstić information content (AvgIpc) is 2.73. The summed E-state index contributed by atoms with van der Waals surface area (Å²) in [6.45, 7) is 5.26. The lowest BCUT2D eigenvalue weighted by molar-refractivity contribution is 0.252. The quantitative estimate of drug-likeness (QED) is 0.777. The van der Waals surface area contributed by atoms with Gasteiger partial charge < -0.3 is 15.3 Å². The molecule has 0 saturated carbocycles. The number of fused-ring (bicyclic) bond motifs is 1. The molecule has 0 spiro atoms. The summed E-state index contributed by atoms with van der Waals surface area (Å²) in [5.41, 5.74) is 2.83. The molecule has 0 aromatic heterocycles. The van der Waals surface area contributed by atoms with Crippen LogP contribution in [0, 0.1) is 0 Å². The molecule has 1 aromatic carbocycles. The second-order valence-electron chi connectivity index (χ2n) is 4.40. The summed E-state index contributed by atoms with van der Waals surface area (Å²) in [4.78, 5) is 2.41. The van der Waals surface area contributed by atoms with Crippen molar-refractivity contribution in [3.05, 3.63) is 29.8 Å². The molecule has 16 heavy (non-hydrogen) atoms. The van der Waals surface area contributed by atoms with Crippen LogP contribution in [0.2, 0.25) is 0 Å². The lowest BCUT2D eigenvalue weighted by Gasteiger charge is -2.20. The minimum Gasteiger partial charge on any atom is -0.395 e. The van der Waals surface area contributed by atoms with Crippen LogP contribution in [0.1, 0.15) is 12.5 Å². The molecule has 0 amide bonds. The molecule has 1 aliphatic heterocycles. The number of para-hydroxylation sites is 1. The molecule has 0 aliphatic carbocycles. The lowest BCUT2D eigenvalue weighted by atomic mass is 10.2. The molecule has 0 bridgehead atoms. The van der Waals surface area contributed by atoms with Crippen molar-refractivity contribution in [2.75, 3.05) is 31.1 Å². The Morgan fingerprint density at radius 2 is 2.25 bits per heavy atom. The predicted molar refractivity (Wildman–Crippen MR) is 66.9 cm³/mol. The first-order valence-corrected chi connectivity index (χ1v) is 5.98. The monoisotopic (exact) mass is 220 g/mol. The normalized spacial score (nSPS) is 16.2. The van der Waals surface area contributed by atoms with E-state index in [0.717, 1.165) is 26.1 Å². The van der Waals surface area contributed by atoms with Crippen molar-refractivity contribution in [2.45, 2.75) is 19.4 Å². The molecule has 1 aliphatic rings. The van der Waals surface area contributed by atoms with Gasteiger partial charge in [-0.2, -0.15) is 0 Å². The number of anilines is 1. The van der Waals surface area contributed by atoms with Gasteiger partial charge in [-0.25, -0.2) is 0 Å². The van der Waals surface area contributed by atoms with Crippen LogP contribution in [0.15, 0.2) is 24.3 Å². The first-order chi connectivity index (χ1) is 7.81. The molecule has 88 valence electrons. The van der Waals surface area contributed by atoms with Gasteiger partial charge in [0, 0.05) is 31.4 Å². The van der Waals surface area contributed by atoms with Crippen LogP contribution in [0.5, 0.6) is 0 Å². The fraction of sp³-hybridized carbons (Fsp3) is 0.538. The molecule has 2 rings (SSSR count). The topological polar surface area (TPSA) is 35.5 Å². The Labute approximate surface area is 97.1 Å². The second-order valence-corrected chi connectivity index (χ2v) is 4.40. The molecular weight excluding hydrogens is 200 g/mol. The summed E-state index contributed by atoms with van der Waals surface area (Å²) in [5.74, 6) is 0. The number of nitrogens with one attached hydrogen (secondary N) is 1. The third kappa shape index (κ3) is 2.54. The highest BCUT2D eigenvalue weighted by molar-refractivity contribution is 5.57. The zero-order valence-corrected chi connectivity index (χ0v) is 9.82. The van der Waals surface area contributed by atoms with Crippen molar-refractivity contribution in [1.29, 1.82) is 0 Å². The van der Waals surface area contributed by atoms with Crippen LogP contribution in [-0.4, -0.2) is 37.4 Å². The molecule has 3 heteroatoms. The van der Waals surface area contributed by atoms with E-state index in [0.29, 0.717) is 0 Å². The maximum Gasteiger partial charge on any atom is 0.0581 e. The van der Waals surface area contributed by atoms with Crippen LogP contribution < -0.4 is 10.2 Å². The molecule has 1 aromatic rings. The number of hydrogen-bond acceptors (Lipinski definition) is 3. The second kappa shape index (κ2) is 5.32. The molecule has 1 atom stereocenters. The van der Waals surface area contributed by atoms with Crippen LogP contribution in [-0.2, 0) is 6.42 Å². The number of nitrogens with zero attached hydrogens (tertiary/aromatic N) is 1. The highest BCUT2D eigenvalue weighted by Crippen LogP contribution is 2.26. The van der Waals surface area contributed by atoms with Gasteiger partial charge >= 0.3 is 0 Å². The lowest BCUT2D eigenvalue weighted by Crippen LogP contribution is -2.36. The Balaban J connectivity index is 1.84. The van der Waals surface area contributed by atoms with E-state index in [-0.39, 0.29) is 12.6 Å². The minimum absolute atomic E-state index is 0.192. The Hall–Kier alpha value is -1.06. The standard InChI is InChI=1S/C13H20N2O/c1-11(10-16)14-7-9-15-8-6-12-4-2-3-5-13(12)15/h2-5,11,14,16H,6-10H2,1H3. The van der Waals surface area contributed by atoms with E-state index >= 15 is 0 Å². The summed E-state index contributed by atoms with van der Waals surface area (Å²) in [6, 6.07) is 8.80. The Morgan fingerprint density at radius 3 is 3.06 bits per heavy atom. The van der Waals surface area contributed by atoms with Gasteiger partial charge in [0.1, 0.15) is 0 Å². The van der Waals surface area contributed by atoms with Gasteiger partial charge in [-0.3, -0.25) is 0 Å². The van der Waals surface area contributed by atoms with E-state index < -0.39 is 0 Å². The summed E-state index contributed by atoms with van der Waals surface area (Å²) in [7, 11) is 0. The van der Waals surface area contributed by atoms with Crippen LogP contribution in [0.3, 0.4) is 0 Å². The van der Waals surface area contributed by atoms with Crippen molar-refractivity contribution in [3.63, 3.8) is 0 Å². The van der Waals surface area contributed by atoms with Gasteiger partial charge in [-0.15, -0.1) is 0 Å². The van der Waals surface area contributed by atoms with E-state index in [2.05, 4.69) is 34.5 Å². The third-order valence-electron chi connectivity index (χ3n) is 3.13. The maximum atomic E-state index is 8.91. The van der Waals surface area contributed by atoms with Gasteiger partial charge in [0.15, 0.2) is 0 Å². The van der Waals surface area contributed by atoms with Crippen molar-refractivity contribution in [1.82, 2.24) is 5.32 Å². The van der Waals surface area contributed by atoms with E-state index in [1.807, 2.05) is 6.92 Å². The van der Waals surface area contributed by atoms with E-state index in [9.17, 15) is 0 Å². The number of rotatable bonds is 5. The molecule has 2 N–H and O–H groups in total. The molecule has 1 heterocycles. The number of aliphatic hydroxyl groups excluding tert-OH is 1. The Kier molecular flexibility index (Phi) is 3.80. The molecular formula is C13H20N2O. The highest BCUT2D eigenvalue weighted by Gasteiger charge is 2.17. The summed E-state index contributed by atoms with van der Waals surface area (Å²) in [6.07, 6.45) is 1.16. The fourth-order valence-corrected chi connectivity index (χ4v) is 2.15. The largest absolute Gasteiger partial charge is 0.395 e. The van der Waals surface area contributed by atoms with Crippen molar-refractivity contribution < 1.29 is 5.11 Å². The number of benzene rings is 1. The fourth-order valence-electron chi connectivity index (χ4n) is 2.15. The van der Waals surface area contributed by atoms with Crippen molar-refractivity contribution >= 4 is 5.69 Å². The minimum atomic E-state index is 0.192. The summed E-state index contributed by atoms with van der Waals surface area (Å²) >= 11 is 0. The smallest absolute Gasteiger partial charge is 0.0581 e. The highest BCUT2D eigenvalue weighted by atomic mass is 16.3. The van der Waals surface area contributed by atoms with Crippen molar-refractivity contribution in [2.24, 2.45) is 0 Å². The molecule has 0 fully saturated rings. The van der Waals surface area contributed by atoms with Gasteiger partial charge in [0.25, 0.3) is 0 Å². The van der Waals surface area contributed by atoms with Crippen molar-refractivity contribution in [3.8, 4) is 0 Å². The maximum absolute atomic E-state index is 8.91. The average molecular weight is 220 g/mol. The molecule has 1 unspecified atom stereocenters. The zero-order valence-electron chi connectivity index (χ0n) is 9.82. The van der Waals surface area contributed by atoms with Gasteiger partial charge in [-0.05, 0) is 25.0 Å². The SMILES string of the molecule is CC(CO)NCCN1CCc2ccccc21. The van der Waals surface area contributed by atoms with E-state index in [1.165, 1.54) is 11.3 Å².